The van der Waals surface area contributed by atoms with Gasteiger partial charge in [-0.1, -0.05) is 45.4 Å². The first-order valence-electron chi connectivity index (χ1n) is 9.36. The van der Waals surface area contributed by atoms with Crippen LogP contribution in [-0.4, -0.2) is 16.6 Å². The molecule has 3 atom stereocenters. The minimum Gasteiger partial charge on any atom is -0.494 e. The van der Waals surface area contributed by atoms with Crippen molar-refractivity contribution in [3.63, 3.8) is 0 Å². The number of aromatic amines is 1. The molecular weight excluding hydrogens is 296 g/mol. The maximum atomic E-state index is 5.78. The van der Waals surface area contributed by atoms with E-state index in [1.165, 1.54) is 24.8 Å². The van der Waals surface area contributed by atoms with Crippen LogP contribution in [0.1, 0.15) is 76.6 Å². The summed E-state index contributed by atoms with van der Waals surface area (Å²) >= 11 is 0. The molecule has 0 amide bonds. The third-order valence-electron chi connectivity index (χ3n) is 4.93. The van der Waals surface area contributed by atoms with Gasteiger partial charge in [0.1, 0.15) is 11.6 Å². The Kier molecular flexibility index (Phi) is 7.36. The minimum absolute atomic E-state index is 0.527. The summed E-state index contributed by atoms with van der Waals surface area (Å²) < 4.78 is 5.78. The summed E-state index contributed by atoms with van der Waals surface area (Å²) in [6, 6.07) is 8.46. The Bertz CT molecular complexity index is 579. The van der Waals surface area contributed by atoms with Gasteiger partial charge in [0.2, 0.25) is 0 Å². The number of nitrogens with zero attached hydrogens (tertiary/aromatic N) is 1. The SMILES string of the molecule is CCOc1ccccc1C(C)CCC(C)CC(CC)c1ncc[nH]1. The van der Waals surface area contributed by atoms with Crippen molar-refractivity contribution in [3.8, 4) is 5.75 Å². The molecule has 0 aliphatic rings. The molecule has 1 aromatic carbocycles. The zero-order chi connectivity index (χ0) is 17.4. The highest BCUT2D eigenvalue weighted by Gasteiger charge is 2.18. The molecule has 0 radical (unpaired) electrons. The highest BCUT2D eigenvalue weighted by Crippen LogP contribution is 2.33. The second-order valence-electron chi connectivity index (χ2n) is 6.87. The van der Waals surface area contributed by atoms with Gasteiger partial charge in [-0.3, -0.25) is 0 Å². The van der Waals surface area contributed by atoms with Crippen molar-refractivity contribution in [3.05, 3.63) is 48.0 Å². The zero-order valence-electron chi connectivity index (χ0n) is 15.6. The van der Waals surface area contributed by atoms with Gasteiger partial charge >= 0.3 is 0 Å². The molecule has 132 valence electrons. The number of imidazole rings is 1. The van der Waals surface area contributed by atoms with E-state index in [2.05, 4.69) is 55.0 Å². The highest BCUT2D eigenvalue weighted by molar-refractivity contribution is 5.35. The summed E-state index contributed by atoms with van der Waals surface area (Å²) in [5.41, 5.74) is 1.34. The van der Waals surface area contributed by atoms with Gasteiger partial charge in [0.05, 0.1) is 6.61 Å². The number of H-pyrrole nitrogens is 1. The summed E-state index contributed by atoms with van der Waals surface area (Å²) in [4.78, 5) is 7.72. The third kappa shape index (κ3) is 5.12. The molecule has 0 bridgehead atoms. The lowest BCUT2D eigenvalue weighted by Crippen LogP contribution is -2.08. The van der Waals surface area contributed by atoms with Gasteiger partial charge < -0.3 is 9.72 Å². The monoisotopic (exact) mass is 328 g/mol. The molecule has 0 aliphatic heterocycles. The number of hydrogen-bond donors (Lipinski definition) is 1. The van der Waals surface area contributed by atoms with Crippen molar-refractivity contribution in [1.82, 2.24) is 9.97 Å². The first-order valence-corrected chi connectivity index (χ1v) is 9.36. The Morgan fingerprint density at radius 2 is 1.92 bits per heavy atom. The average molecular weight is 328 g/mol. The molecular formula is C21H32N2O. The van der Waals surface area contributed by atoms with Crippen molar-refractivity contribution in [2.24, 2.45) is 5.92 Å². The fourth-order valence-corrected chi connectivity index (χ4v) is 3.44. The third-order valence-corrected chi connectivity index (χ3v) is 4.93. The van der Waals surface area contributed by atoms with Gasteiger partial charge in [0.15, 0.2) is 0 Å². The van der Waals surface area contributed by atoms with Crippen LogP contribution in [0.25, 0.3) is 0 Å². The second-order valence-corrected chi connectivity index (χ2v) is 6.87. The number of ether oxygens (including phenoxy) is 1. The van der Waals surface area contributed by atoms with Crippen LogP contribution < -0.4 is 4.74 Å². The lowest BCUT2D eigenvalue weighted by molar-refractivity contribution is 0.332. The molecule has 2 aromatic rings. The number of nitrogens with one attached hydrogen (secondary N) is 1. The van der Waals surface area contributed by atoms with E-state index in [1.54, 1.807) is 0 Å². The molecule has 3 nitrogen and oxygen atoms in total. The van der Waals surface area contributed by atoms with E-state index in [-0.39, 0.29) is 0 Å². The Hall–Kier alpha value is -1.77. The van der Waals surface area contributed by atoms with E-state index >= 15 is 0 Å². The molecule has 0 fully saturated rings. The predicted molar refractivity (Wildman–Crippen MR) is 101 cm³/mol. The van der Waals surface area contributed by atoms with E-state index in [4.69, 9.17) is 4.74 Å². The second kappa shape index (κ2) is 9.51. The molecule has 1 aromatic heterocycles. The highest BCUT2D eigenvalue weighted by atomic mass is 16.5. The maximum Gasteiger partial charge on any atom is 0.122 e. The van der Waals surface area contributed by atoms with Crippen LogP contribution in [0.5, 0.6) is 5.75 Å². The van der Waals surface area contributed by atoms with Gasteiger partial charge in [-0.25, -0.2) is 4.98 Å². The molecule has 3 unspecified atom stereocenters. The molecule has 0 spiro atoms. The van der Waals surface area contributed by atoms with E-state index < -0.39 is 0 Å². The fourth-order valence-electron chi connectivity index (χ4n) is 3.44. The van der Waals surface area contributed by atoms with Crippen LogP contribution in [0.15, 0.2) is 36.7 Å². The number of aromatic nitrogens is 2. The van der Waals surface area contributed by atoms with Crippen molar-refractivity contribution >= 4 is 0 Å². The molecule has 2 rings (SSSR count). The molecule has 24 heavy (non-hydrogen) atoms. The van der Waals surface area contributed by atoms with Crippen molar-refractivity contribution in [2.45, 2.75) is 65.2 Å². The minimum atomic E-state index is 0.527. The van der Waals surface area contributed by atoms with E-state index in [0.717, 1.165) is 24.6 Å². The molecule has 0 saturated carbocycles. The Morgan fingerprint density at radius 3 is 2.58 bits per heavy atom. The largest absolute Gasteiger partial charge is 0.494 e. The van der Waals surface area contributed by atoms with Crippen molar-refractivity contribution < 1.29 is 4.74 Å². The van der Waals surface area contributed by atoms with Crippen LogP contribution >= 0.6 is 0 Å². The molecule has 3 heteroatoms. The van der Waals surface area contributed by atoms with Crippen LogP contribution in [0.3, 0.4) is 0 Å². The lowest BCUT2D eigenvalue weighted by atomic mass is 9.86. The summed E-state index contributed by atoms with van der Waals surface area (Å²) in [7, 11) is 0. The molecule has 0 aliphatic carbocycles. The summed E-state index contributed by atoms with van der Waals surface area (Å²) in [6.07, 6.45) is 8.55. The van der Waals surface area contributed by atoms with Gasteiger partial charge in [-0.2, -0.15) is 0 Å². The summed E-state index contributed by atoms with van der Waals surface area (Å²) in [5, 5.41) is 0. The van der Waals surface area contributed by atoms with Gasteiger partial charge in [0, 0.05) is 18.3 Å². The fraction of sp³-hybridized carbons (Fsp3) is 0.571. The molecule has 1 heterocycles. The lowest BCUT2D eigenvalue weighted by Gasteiger charge is -2.21. The van der Waals surface area contributed by atoms with E-state index in [1.807, 2.05) is 19.3 Å². The smallest absolute Gasteiger partial charge is 0.122 e. The van der Waals surface area contributed by atoms with Crippen LogP contribution in [0.4, 0.5) is 0 Å². The molecule has 1 N–H and O–H groups in total. The average Bonchev–Trinajstić information content (AvgIpc) is 3.12. The Labute approximate surface area is 146 Å². The first kappa shape index (κ1) is 18.6. The topological polar surface area (TPSA) is 37.9 Å². The zero-order valence-corrected chi connectivity index (χ0v) is 15.6. The Balaban J connectivity index is 1.88. The quantitative estimate of drug-likeness (QED) is 0.588. The van der Waals surface area contributed by atoms with Crippen molar-refractivity contribution in [1.29, 1.82) is 0 Å². The van der Waals surface area contributed by atoms with E-state index in [0.29, 0.717) is 17.8 Å². The number of hydrogen-bond acceptors (Lipinski definition) is 2. The van der Waals surface area contributed by atoms with Gasteiger partial charge in [0.25, 0.3) is 0 Å². The van der Waals surface area contributed by atoms with Gasteiger partial charge in [-0.05, 0) is 49.7 Å². The number of rotatable bonds is 10. The summed E-state index contributed by atoms with van der Waals surface area (Å²) in [5.74, 6) is 3.95. The Morgan fingerprint density at radius 1 is 1.12 bits per heavy atom. The standard InChI is InChI=1S/C21H32N2O/c1-5-18(21-22-13-14-23-21)15-16(3)11-12-17(4)19-9-7-8-10-20(19)24-6-2/h7-10,13-14,16-18H,5-6,11-12,15H2,1-4H3,(H,22,23). The maximum absolute atomic E-state index is 5.78. The number of para-hydroxylation sites is 1. The number of benzene rings is 1. The van der Waals surface area contributed by atoms with Gasteiger partial charge in [-0.15, -0.1) is 0 Å². The summed E-state index contributed by atoms with van der Waals surface area (Å²) in [6.45, 7) is 9.70. The van der Waals surface area contributed by atoms with E-state index in [9.17, 15) is 0 Å². The first-order chi connectivity index (χ1) is 11.7. The normalized spacial score (nSPS) is 15.0. The molecule has 0 saturated heterocycles. The van der Waals surface area contributed by atoms with Crippen LogP contribution in [0, 0.1) is 5.92 Å². The van der Waals surface area contributed by atoms with Crippen molar-refractivity contribution in [2.75, 3.05) is 6.61 Å². The van der Waals surface area contributed by atoms with Crippen LogP contribution in [0.2, 0.25) is 0 Å². The van der Waals surface area contributed by atoms with Crippen LogP contribution in [-0.2, 0) is 0 Å². The predicted octanol–water partition coefficient (Wildman–Crippen LogP) is 5.91.